The zero-order valence-electron chi connectivity index (χ0n) is 14.8. The van der Waals surface area contributed by atoms with Crippen molar-refractivity contribution in [3.8, 4) is 22.4 Å². The Balaban J connectivity index is 1.86. The lowest BCUT2D eigenvalue weighted by atomic mass is 9.97. The highest BCUT2D eigenvalue weighted by Crippen LogP contribution is 2.35. The highest BCUT2D eigenvalue weighted by molar-refractivity contribution is 5.95. The maximum Gasteiger partial charge on any atom is 0.225 e. The molecule has 2 aromatic carbocycles. The van der Waals surface area contributed by atoms with E-state index in [-0.39, 0.29) is 11.8 Å². The van der Waals surface area contributed by atoms with Gasteiger partial charge in [-0.15, -0.1) is 5.10 Å². The van der Waals surface area contributed by atoms with E-state index in [0.717, 1.165) is 33.2 Å². The molecular formula is C20H14FN7. The second-order valence-electron chi connectivity index (χ2n) is 6.47. The van der Waals surface area contributed by atoms with Crippen LogP contribution in [0.3, 0.4) is 0 Å². The molecule has 2 N–H and O–H groups in total. The van der Waals surface area contributed by atoms with Crippen LogP contribution in [0.15, 0.2) is 54.7 Å². The zero-order valence-corrected chi connectivity index (χ0v) is 14.8. The van der Waals surface area contributed by atoms with Crippen molar-refractivity contribution < 1.29 is 4.39 Å². The molecule has 0 amide bonds. The summed E-state index contributed by atoms with van der Waals surface area (Å²) in [6.07, 6.45) is 1.78. The van der Waals surface area contributed by atoms with Crippen LogP contribution in [0, 0.1) is 12.7 Å². The van der Waals surface area contributed by atoms with Gasteiger partial charge in [-0.25, -0.2) is 9.37 Å². The van der Waals surface area contributed by atoms with Gasteiger partial charge in [0.25, 0.3) is 0 Å². The van der Waals surface area contributed by atoms with Crippen molar-refractivity contribution in [1.82, 2.24) is 30.0 Å². The minimum absolute atomic E-state index is 0.154. The van der Waals surface area contributed by atoms with Gasteiger partial charge in [-0.3, -0.25) is 4.98 Å². The third-order valence-electron chi connectivity index (χ3n) is 4.74. The molecule has 8 heteroatoms. The first-order chi connectivity index (χ1) is 13.6. The van der Waals surface area contributed by atoms with Crippen molar-refractivity contribution in [2.24, 2.45) is 0 Å². The van der Waals surface area contributed by atoms with Crippen LogP contribution in [0.2, 0.25) is 0 Å². The monoisotopic (exact) mass is 371 g/mol. The quantitative estimate of drug-likeness (QED) is 0.511. The highest BCUT2D eigenvalue weighted by Gasteiger charge is 2.19. The van der Waals surface area contributed by atoms with Gasteiger partial charge in [0.2, 0.25) is 5.95 Å². The van der Waals surface area contributed by atoms with Gasteiger partial charge >= 0.3 is 0 Å². The average molecular weight is 371 g/mol. The lowest BCUT2D eigenvalue weighted by Crippen LogP contribution is -2.06. The fourth-order valence-corrected chi connectivity index (χ4v) is 3.34. The molecule has 136 valence electrons. The summed E-state index contributed by atoms with van der Waals surface area (Å²) < 4.78 is 14.8. The molecule has 0 aliphatic heterocycles. The number of pyridine rings is 1. The largest absolute Gasteiger partial charge is 0.368 e. The number of hydrogen-bond donors (Lipinski definition) is 1. The molecule has 0 fully saturated rings. The third kappa shape index (κ3) is 2.46. The average Bonchev–Trinajstić information content (AvgIpc) is 3.19. The number of nitrogens with two attached hydrogens (primary N) is 1. The molecule has 0 aliphatic carbocycles. The number of aryl methyl sites for hydroxylation is 1. The molecule has 0 saturated carbocycles. The van der Waals surface area contributed by atoms with Crippen LogP contribution < -0.4 is 5.73 Å². The topological polar surface area (TPSA) is 94.9 Å². The number of rotatable bonds is 2. The van der Waals surface area contributed by atoms with Crippen LogP contribution in [-0.2, 0) is 0 Å². The summed E-state index contributed by atoms with van der Waals surface area (Å²) in [5.41, 5.74) is 11.4. The molecule has 0 unspecified atom stereocenters. The number of benzene rings is 2. The predicted octanol–water partition coefficient (Wildman–Crippen LogP) is 3.43. The molecule has 3 aromatic heterocycles. The minimum Gasteiger partial charge on any atom is -0.368 e. The number of halogens is 1. The number of hydrogen-bond acceptors (Lipinski definition) is 6. The summed E-state index contributed by atoms with van der Waals surface area (Å²) in [6.45, 7) is 2.03. The van der Waals surface area contributed by atoms with Crippen LogP contribution >= 0.6 is 0 Å². The lowest BCUT2D eigenvalue weighted by Gasteiger charge is -2.12. The fourth-order valence-electron chi connectivity index (χ4n) is 3.34. The third-order valence-corrected chi connectivity index (χ3v) is 4.74. The van der Waals surface area contributed by atoms with Crippen molar-refractivity contribution in [3.63, 3.8) is 0 Å². The number of fused-ring (bicyclic) bond motifs is 2. The summed E-state index contributed by atoms with van der Waals surface area (Å²) in [5, 5.41) is 12.9. The first-order valence-electron chi connectivity index (χ1n) is 8.61. The molecular weight excluding hydrogens is 357 g/mol. The predicted molar refractivity (Wildman–Crippen MR) is 104 cm³/mol. The van der Waals surface area contributed by atoms with Crippen LogP contribution in [0.4, 0.5) is 10.3 Å². The molecule has 0 aliphatic rings. The highest BCUT2D eigenvalue weighted by atomic mass is 19.1. The zero-order chi connectivity index (χ0) is 19.3. The summed E-state index contributed by atoms with van der Waals surface area (Å²) in [7, 11) is 0. The first-order valence-corrected chi connectivity index (χ1v) is 8.61. The van der Waals surface area contributed by atoms with E-state index in [4.69, 9.17) is 5.73 Å². The molecule has 0 atom stereocenters. The number of tetrazole rings is 1. The number of anilines is 1. The Morgan fingerprint density at radius 2 is 1.79 bits per heavy atom. The Labute approximate surface area is 158 Å². The summed E-state index contributed by atoms with van der Waals surface area (Å²) in [4.78, 5) is 8.92. The Morgan fingerprint density at radius 1 is 1.00 bits per heavy atom. The maximum atomic E-state index is 13.4. The van der Waals surface area contributed by atoms with Crippen LogP contribution in [0.25, 0.3) is 38.9 Å². The van der Waals surface area contributed by atoms with Crippen molar-refractivity contribution in [3.05, 3.63) is 66.1 Å². The van der Waals surface area contributed by atoms with Gasteiger partial charge in [0.05, 0.1) is 16.8 Å². The van der Waals surface area contributed by atoms with Crippen LogP contribution in [0.5, 0.6) is 0 Å². The van der Waals surface area contributed by atoms with E-state index in [2.05, 4.69) is 25.5 Å². The van der Waals surface area contributed by atoms with Gasteiger partial charge in [0.15, 0.2) is 5.65 Å². The molecule has 3 heterocycles. The van der Waals surface area contributed by atoms with Gasteiger partial charge in [-0.2, -0.15) is 4.52 Å². The van der Waals surface area contributed by atoms with E-state index in [1.165, 1.54) is 16.6 Å². The Hall–Kier alpha value is -3.94. The normalized spacial score (nSPS) is 11.4. The lowest BCUT2D eigenvalue weighted by molar-refractivity contribution is 0.628. The van der Waals surface area contributed by atoms with E-state index >= 15 is 0 Å². The van der Waals surface area contributed by atoms with E-state index < -0.39 is 0 Å². The van der Waals surface area contributed by atoms with E-state index in [0.29, 0.717) is 11.3 Å². The van der Waals surface area contributed by atoms with E-state index in [1.54, 1.807) is 18.3 Å². The second-order valence-corrected chi connectivity index (χ2v) is 6.47. The van der Waals surface area contributed by atoms with Crippen LogP contribution in [-0.4, -0.2) is 30.0 Å². The van der Waals surface area contributed by atoms with Gasteiger partial charge in [-0.1, -0.05) is 6.07 Å². The van der Waals surface area contributed by atoms with Crippen LogP contribution in [0.1, 0.15) is 5.56 Å². The van der Waals surface area contributed by atoms with Crippen molar-refractivity contribution >= 4 is 22.5 Å². The van der Waals surface area contributed by atoms with Gasteiger partial charge < -0.3 is 5.73 Å². The molecule has 28 heavy (non-hydrogen) atoms. The van der Waals surface area contributed by atoms with Crippen molar-refractivity contribution in [2.45, 2.75) is 6.92 Å². The summed E-state index contributed by atoms with van der Waals surface area (Å²) in [5.74, 6) is -0.169. The molecule has 5 aromatic rings. The Morgan fingerprint density at radius 3 is 2.61 bits per heavy atom. The molecule has 0 spiro atoms. The maximum absolute atomic E-state index is 13.4. The SMILES string of the molecule is Cc1ccnc2ccc(-c3c(-c4ccc(F)cc4)nc(N)n4nnnc34)cc12. The number of aromatic nitrogens is 6. The van der Waals surface area contributed by atoms with Crippen molar-refractivity contribution in [1.29, 1.82) is 0 Å². The Bertz CT molecular complexity index is 1340. The fraction of sp³-hybridized carbons (Fsp3) is 0.0500. The second kappa shape index (κ2) is 6.05. The number of nitrogens with zero attached hydrogens (tertiary/aromatic N) is 6. The van der Waals surface area contributed by atoms with Gasteiger partial charge in [-0.05, 0) is 70.9 Å². The summed E-state index contributed by atoms with van der Waals surface area (Å²) >= 11 is 0. The smallest absolute Gasteiger partial charge is 0.225 e. The molecule has 5 rings (SSSR count). The van der Waals surface area contributed by atoms with E-state index in [1.807, 2.05) is 31.2 Å². The van der Waals surface area contributed by atoms with E-state index in [9.17, 15) is 4.39 Å². The standard InChI is InChI=1S/C20H14FN7/c1-11-8-9-23-16-7-4-13(10-15(11)16)17-18(12-2-5-14(21)6-3-12)24-20(22)28-19(17)25-26-27-28/h2-10H,1H3,(H2,22,24). The molecule has 0 saturated heterocycles. The Kier molecular flexibility index (Phi) is 3.51. The molecule has 0 bridgehead atoms. The van der Waals surface area contributed by atoms with Crippen molar-refractivity contribution in [2.75, 3.05) is 5.73 Å². The molecule has 0 radical (unpaired) electrons. The molecule has 7 nitrogen and oxygen atoms in total. The first kappa shape index (κ1) is 16.2. The van der Waals surface area contributed by atoms with Gasteiger partial charge in [0.1, 0.15) is 5.82 Å². The minimum atomic E-state index is -0.323. The van der Waals surface area contributed by atoms with Gasteiger partial charge in [0, 0.05) is 17.1 Å². The summed E-state index contributed by atoms with van der Waals surface area (Å²) in [6, 6.07) is 14.0. The number of nitrogen functional groups attached to an aromatic ring is 1.